The minimum absolute atomic E-state index is 0.127. The number of pyridine rings is 1. The molecule has 1 fully saturated rings. The fraction of sp³-hybridized carbons (Fsp3) is 0.688. The van der Waals surface area contributed by atoms with Crippen LogP contribution in [0.4, 0.5) is 0 Å². The van der Waals surface area contributed by atoms with E-state index < -0.39 is 0 Å². The molecule has 4 heteroatoms. The second-order valence-electron chi connectivity index (χ2n) is 6.11. The maximum Gasteiger partial charge on any atom is 0.0474 e. The van der Waals surface area contributed by atoms with Gasteiger partial charge in [0.1, 0.15) is 0 Å². The molecular formula is C16H28N4. The summed E-state index contributed by atoms with van der Waals surface area (Å²) >= 11 is 0. The highest BCUT2D eigenvalue weighted by molar-refractivity contribution is 5.11. The Hall–Kier alpha value is -0.970. The summed E-state index contributed by atoms with van der Waals surface area (Å²) in [7, 11) is 0. The van der Waals surface area contributed by atoms with Crippen molar-refractivity contribution in [3.05, 3.63) is 30.1 Å². The predicted octanol–water partition coefficient (Wildman–Crippen LogP) is 1.72. The molecule has 1 aliphatic rings. The van der Waals surface area contributed by atoms with Crippen LogP contribution >= 0.6 is 0 Å². The average Bonchev–Trinajstić information content (AvgIpc) is 2.92. The number of likely N-dealkylation sites (N-methyl/N-ethyl adjacent to an activating group) is 1. The van der Waals surface area contributed by atoms with Gasteiger partial charge in [0.05, 0.1) is 0 Å². The molecule has 2 rings (SSSR count). The first-order valence-electron chi connectivity index (χ1n) is 7.69. The Balaban J connectivity index is 2.12. The zero-order chi connectivity index (χ0) is 14.6. The summed E-state index contributed by atoms with van der Waals surface area (Å²) in [4.78, 5) is 9.19. The van der Waals surface area contributed by atoms with Gasteiger partial charge in [-0.3, -0.25) is 14.8 Å². The maximum absolute atomic E-state index is 6.18. The number of rotatable bonds is 6. The quantitative estimate of drug-likeness (QED) is 0.859. The Morgan fingerprint density at radius 2 is 2.10 bits per heavy atom. The van der Waals surface area contributed by atoms with Gasteiger partial charge in [0.25, 0.3) is 0 Å². The fourth-order valence-electron chi connectivity index (χ4n) is 3.21. The van der Waals surface area contributed by atoms with Crippen LogP contribution in [0.3, 0.4) is 0 Å². The molecule has 1 unspecified atom stereocenters. The summed E-state index contributed by atoms with van der Waals surface area (Å²) in [5, 5.41) is 0. The van der Waals surface area contributed by atoms with E-state index in [1.807, 2.05) is 12.4 Å². The molecule has 4 nitrogen and oxygen atoms in total. The van der Waals surface area contributed by atoms with Crippen LogP contribution < -0.4 is 5.73 Å². The van der Waals surface area contributed by atoms with Crippen molar-refractivity contribution in [1.29, 1.82) is 0 Å². The van der Waals surface area contributed by atoms with E-state index in [4.69, 9.17) is 5.73 Å². The molecule has 1 aliphatic heterocycles. The van der Waals surface area contributed by atoms with E-state index in [0.717, 1.165) is 32.7 Å². The highest BCUT2D eigenvalue weighted by atomic mass is 15.3. The molecule has 0 aliphatic carbocycles. The molecule has 0 spiro atoms. The van der Waals surface area contributed by atoms with Crippen molar-refractivity contribution in [2.24, 2.45) is 5.73 Å². The Kier molecular flexibility index (Phi) is 5.13. The van der Waals surface area contributed by atoms with Gasteiger partial charge in [-0.15, -0.1) is 0 Å². The van der Waals surface area contributed by atoms with Crippen molar-refractivity contribution in [2.45, 2.75) is 45.3 Å². The molecule has 1 saturated heterocycles. The van der Waals surface area contributed by atoms with Crippen molar-refractivity contribution in [2.75, 3.05) is 26.2 Å². The molecule has 20 heavy (non-hydrogen) atoms. The van der Waals surface area contributed by atoms with Crippen LogP contribution in [-0.4, -0.2) is 52.5 Å². The smallest absolute Gasteiger partial charge is 0.0474 e. The molecule has 2 N–H and O–H groups in total. The first-order chi connectivity index (χ1) is 9.61. The Morgan fingerprint density at radius 3 is 2.60 bits per heavy atom. The summed E-state index contributed by atoms with van der Waals surface area (Å²) < 4.78 is 0. The van der Waals surface area contributed by atoms with Crippen LogP contribution in [0.2, 0.25) is 0 Å². The predicted molar refractivity (Wildman–Crippen MR) is 83.4 cm³/mol. The molecule has 0 saturated carbocycles. The third-order valence-electron chi connectivity index (χ3n) is 4.65. The zero-order valence-electron chi connectivity index (χ0n) is 13.0. The number of nitrogens with two attached hydrogens (primary N) is 1. The van der Waals surface area contributed by atoms with E-state index in [-0.39, 0.29) is 5.54 Å². The van der Waals surface area contributed by atoms with E-state index in [9.17, 15) is 0 Å². The lowest BCUT2D eigenvalue weighted by Gasteiger charge is -2.40. The van der Waals surface area contributed by atoms with Gasteiger partial charge in [0.2, 0.25) is 0 Å². The summed E-state index contributed by atoms with van der Waals surface area (Å²) in [5.41, 5.74) is 7.63. The molecule has 2 heterocycles. The molecule has 1 atom stereocenters. The van der Waals surface area contributed by atoms with Crippen molar-refractivity contribution in [1.82, 2.24) is 14.8 Å². The largest absolute Gasteiger partial charge is 0.329 e. The van der Waals surface area contributed by atoms with E-state index in [2.05, 4.69) is 47.7 Å². The van der Waals surface area contributed by atoms with Gasteiger partial charge in [-0.1, -0.05) is 6.92 Å². The van der Waals surface area contributed by atoms with Crippen LogP contribution in [0.15, 0.2) is 24.5 Å². The van der Waals surface area contributed by atoms with Crippen molar-refractivity contribution in [3.63, 3.8) is 0 Å². The fourth-order valence-corrected chi connectivity index (χ4v) is 3.21. The summed E-state index contributed by atoms with van der Waals surface area (Å²) in [6.07, 6.45) is 4.90. The summed E-state index contributed by atoms with van der Waals surface area (Å²) in [6, 6.07) is 4.80. The standard InChI is InChI=1S/C16H28N4/c1-4-20(11-15-5-8-18-9-6-15)16(12-17)7-10-19(13-16)14(2)3/h5-6,8-9,14H,4,7,10-13,17H2,1-3H3. The Bertz CT molecular complexity index is 406. The second-order valence-corrected chi connectivity index (χ2v) is 6.11. The topological polar surface area (TPSA) is 45.4 Å². The Labute approximate surface area is 123 Å². The maximum atomic E-state index is 6.18. The molecule has 112 valence electrons. The SMILES string of the molecule is CCN(Cc1ccncc1)C1(CN)CCN(C(C)C)C1. The van der Waals surface area contributed by atoms with Gasteiger partial charge < -0.3 is 5.73 Å². The van der Waals surface area contributed by atoms with E-state index in [1.54, 1.807) is 0 Å². The first-order valence-corrected chi connectivity index (χ1v) is 7.69. The number of aromatic nitrogens is 1. The van der Waals surface area contributed by atoms with E-state index in [1.165, 1.54) is 12.0 Å². The zero-order valence-corrected chi connectivity index (χ0v) is 13.0. The second kappa shape index (κ2) is 6.66. The number of likely N-dealkylation sites (tertiary alicyclic amines) is 1. The van der Waals surface area contributed by atoms with Crippen molar-refractivity contribution < 1.29 is 0 Å². The van der Waals surface area contributed by atoms with E-state index >= 15 is 0 Å². The summed E-state index contributed by atoms with van der Waals surface area (Å²) in [6.45, 7) is 11.7. The third kappa shape index (κ3) is 3.19. The van der Waals surface area contributed by atoms with Crippen molar-refractivity contribution in [3.8, 4) is 0 Å². The van der Waals surface area contributed by atoms with Gasteiger partial charge in [-0.05, 0) is 44.5 Å². The summed E-state index contributed by atoms with van der Waals surface area (Å²) in [5.74, 6) is 0. The lowest BCUT2D eigenvalue weighted by atomic mass is 9.95. The molecule has 0 amide bonds. The normalized spacial score (nSPS) is 23.9. The van der Waals surface area contributed by atoms with Gasteiger partial charge in [0, 0.05) is 50.2 Å². The van der Waals surface area contributed by atoms with Crippen LogP contribution in [0.25, 0.3) is 0 Å². The van der Waals surface area contributed by atoms with Gasteiger partial charge >= 0.3 is 0 Å². The molecule has 0 bridgehead atoms. The molecular weight excluding hydrogens is 248 g/mol. The Morgan fingerprint density at radius 1 is 1.40 bits per heavy atom. The van der Waals surface area contributed by atoms with Crippen LogP contribution in [0.5, 0.6) is 0 Å². The minimum Gasteiger partial charge on any atom is -0.329 e. The highest BCUT2D eigenvalue weighted by Gasteiger charge is 2.41. The average molecular weight is 276 g/mol. The van der Waals surface area contributed by atoms with Gasteiger partial charge in [-0.25, -0.2) is 0 Å². The minimum atomic E-state index is 0.127. The molecule has 0 aromatic carbocycles. The molecule has 1 aromatic heterocycles. The number of hydrogen-bond acceptors (Lipinski definition) is 4. The number of nitrogens with zero attached hydrogens (tertiary/aromatic N) is 3. The van der Waals surface area contributed by atoms with Gasteiger partial charge in [0.15, 0.2) is 0 Å². The van der Waals surface area contributed by atoms with Crippen LogP contribution in [0.1, 0.15) is 32.8 Å². The van der Waals surface area contributed by atoms with Crippen molar-refractivity contribution >= 4 is 0 Å². The first kappa shape index (κ1) is 15.4. The third-order valence-corrected chi connectivity index (χ3v) is 4.65. The van der Waals surface area contributed by atoms with E-state index in [0.29, 0.717) is 6.04 Å². The lowest BCUT2D eigenvalue weighted by molar-refractivity contribution is 0.0920. The lowest BCUT2D eigenvalue weighted by Crippen LogP contribution is -2.55. The van der Waals surface area contributed by atoms with Crippen LogP contribution in [-0.2, 0) is 6.54 Å². The molecule has 0 radical (unpaired) electrons. The highest BCUT2D eigenvalue weighted by Crippen LogP contribution is 2.29. The molecule has 1 aromatic rings. The van der Waals surface area contributed by atoms with Gasteiger partial charge in [-0.2, -0.15) is 0 Å². The van der Waals surface area contributed by atoms with Crippen LogP contribution in [0, 0.1) is 0 Å². The number of hydrogen-bond donors (Lipinski definition) is 1. The monoisotopic (exact) mass is 276 g/mol.